The Morgan fingerprint density at radius 2 is 1.78 bits per heavy atom. The topological polar surface area (TPSA) is 92.9 Å². The van der Waals surface area contributed by atoms with E-state index in [1.54, 1.807) is 48.4 Å². The quantitative estimate of drug-likeness (QED) is 0.376. The van der Waals surface area contributed by atoms with Gasteiger partial charge in [0.2, 0.25) is 0 Å². The molecule has 0 aliphatic carbocycles. The maximum Gasteiger partial charge on any atom is 0.322 e. The number of carbonyl (C=O) groups is 1. The number of H-pyrrole nitrogens is 1. The number of aromatic amines is 1. The summed E-state index contributed by atoms with van der Waals surface area (Å²) < 4.78 is 16.5. The Labute approximate surface area is 212 Å². The van der Waals surface area contributed by atoms with E-state index in [0.717, 1.165) is 10.9 Å². The number of ether oxygens (including phenoxy) is 3. The van der Waals surface area contributed by atoms with Crippen molar-refractivity contribution in [3.63, 3.8) is 0 Å². The normalized spacial score (nSPS) is 12.3. The predicted molar refractivity (Wildman–Crippen MR) is 138 cm³/mol. The Morgan fingerprint density at radius 1 is 1.03 bits per heavy atom. The molecule has 0 radical (unpaired) electrons. The highest BCUT2D eigenvalue weighted by molar-refractivity contribution is 6.30. The highest BCUT2D eigenvalue weighted by Gasteiger charge is 2.19. The summed E-state index contributed by atoms with van der Waals surface area (Å²) in [5.41, 5.74) is 2.23. The highest BCUT2D eigenvalue weighted by atomic mass is 35.5. The van der Waals surface area contributed by atoms with Crippen LogP contribution in [0.3, 0.4) is 0 Å². The van der Waals surface area contributed by atoms with Crippen molar-refractivity contribution in [3.8, 4) is 17.2 Å². The molecule has 4 aromatic rings. The van der Waals surface area contributed by atoms with Crippen LogP contribution < -0.4 is 25.1 Å². The third kappa shape index (κ3) is 5.23. The van der Waals surface area contributed by atoms with Crippen molar-refractivity contribution in [1.29, 1.82) is 0 Å². The molecule has 1 aliphatic heterocycles. The molecule has 0 saturated heterocycles. The largest absolute Gasteiger partial charge is 0.497 e. The molecule has 2 N–H and O–H groups in total. The fraction of sp³-hybridized carbons (Fsp3) is 0.185. The number of urea groups is 1. The summed E-state index contributed by atoms with van der Waals surface area (Å²) in [6, 6.07) is 19.3. The SMILES string of the molecule is COc1ccc(CN(Cc2cc3cc4c(cc3[nH]c2=O)OCCO4)C(=O)Nc2cccc(Cl)c2)cc1. The third-order valence-corrected chi connectivity index (χ3v) is 6.08. The molecule has 0 spiro atoms. The van der Waals surface area contributed by atoms with Crippen LogP contribution in [0, 0.1) is 0 Å². The lowest BCUT2D eigenvalue weighted by atomic mass is 10.1. The number of anilines is 1. The molecule has 1 aromatic heterocycles. The van der Waals surface area contributed by atoms with Gasteiger partial charge in [0, 0.05) is 34.3 Å². The maximum absolute atomic E-state index is 13.3. The third-order valence-electron chi connectivity index (χ3n) is 5.84. The molecule has 8 nitrogen and oxygen atoms in total. The van der Waals surface area contributed by atoms with E-state index in [0.29, 0.717) is 52.3 Å². The van der Waals surface area contributed by atoms with Crippen LogP contribution in [0.25, 0.3) is 10.9 Å². The monoisotopic (exact) mass is 505 g/mol. The molecule has 184 valence electrons. The number of hydrogen-bond donors (Lipinski definition) is 2. The van der Waals surface area contributed by atoms with Gasteiger partial charge in [-0.25, -0.2) is 4.79 Å². The van der Waals surface area contributed by atoms with Crippen molar-refractivity contribution in [2.75, 3.05) is 25.6 Å². The van der Waals surface area contributed by atoms with E-state index in [1.807, 2.05) is 30.3 Å². The second kappa shape index (κ2) is 10.2. The molecule has 2 heterocycles. The molecule has 0 unspecified atom stereocenters. The van der Waals surface area contributed by atoms with Crippen LogP contribution in [-0.2, 0) is 13.1 Å². The summed E-state index contributed by atoms with van der Waals surface area (Å²) in [5.74, 6) is 1.94. The van der Waals surface area contributed by atoms with E-state index in [9.17, 15) is 9.59 Å². The predicted octanol–water partition coefficient (Wildman–Crippen LogP) is 5.20. The smallest absolute Gasteiger partial charge is 0.322 e. The van der Waals surface area contributed by atoms with E-state index >= 15 is 0 Å². The van der Waals surface area contributed by atoms with Crippen LogP contribution in [0.4, 0.5) is 10.5 Å². The Kier molecular flexibility index (Phi) is 6.69. The number of nitrogens with one attached hydrogen (secondary N) is 2. The van der Waals surface area contributed by atoms with Gasteiger partial charge >= 0.3 is 6.03 Å². The first-order chi connectivity index (χ1) is 17.5. The summed E-state index contributed by atoms with van der Waals surface area (Å²) in [7, 11) is 1.60. The zero-order chi connectivity index (χ0) is 25.1. The minimum absolute atomic E-state index is 0.0815. The van der Waals surface area contributed by atoms with E-state index < -0.39 is 0 Å². The van der Waals surface area contributed by atoms with Crippen molar-refractivity contribution in [2.45, 2.75) is 13.1 Å². The first-order valence-electron chi connectivity index (χ1n) is 11.4. The van der Waals surface area contributed by atoms with Gasteiger partial charge in [0.05, 0.1) is 19.2 Å². The Bertz CT molecular complexity index is 1470. The Morgan fingerprint density at radius 3 is 2.50 bits per heavy atom. The Balaban J connectivity index is 1.46. The van der Waals surface area contributed by atoms with Gasteiger partial charge in [-0.15, -0.1) is 0 Å². The number of halogens is 1. The lowest BCUT2D eigenvalue weighted by Crippen LogP contribution is -2.35. The maximum atomic E-state index is 13.3. The van der Waals surface area contributed by atoms with Gasteiger partial charge in [-0.2, -0.15) is 0 Å². The fourth-order valence-electron chi connectivity index (χ4n) is 4.03. The lowest BCUT2D eigenvalue weighted by Gasteiger charge is -2.24. The second-order valence-corrected chi connectivity index (χ2v) is 8.79. The number of hydrogen-bond acceptors (Lipinski definition) is 5. The molecule has 0 saturated carbocycles. The average molecular weight is 506 g/mol. The van der Waals surface area contributed by atoms with Crippen LogP contribution in [0.5, 0.6) is 17.2 Å². The van der Waals surface area contributed by atoms with Crippen LogP contribution in [0.2, 0.25) is 5.02 Å². The number of nitrogens with zero attached hydrogens (tertiary/aromatic N) is 1. The molecule has 0 bridgehead atoms. The van der Waals surface area contributed by atoms with Crippen LogP contribution in [0.1, 0.15) is 11.1 Å². The minimum atomic E-state index is -0.366. The van der Waals surface area contributed by atoms with Gasteiger partial charge in [0.15, 0.2) is 11.5 Å². The molecule has 9 heteroatoms. The van der Waals surface area contributed by atoms with E-state index in [4.69, 9.17) is 25.8 Å². The van der Waals surface area contributed by atoms with Gasteiger partial charge in [0.25, 0.3) is 5.56 Å². The van der Waals surface area contributed by atoms with Gasteiger partial charge in [-0.05, 0) is 48.0 Å². The fourth-order valence-corrected chi connectivity index (χ4v) is 4.22. The van der Waals surface area contributed by atoms with Crippen LogP contribution in [0.15, 0.2) is 71.5 Å². The van der Waals surface area contributed by atoms with E-state index in [2.05, 4.69) is 10.3 Å². The molecule has 0 atom stereocenters. The van der Waals surface area contributed by atoms with Crippen LogP contribution in [-0.4, -0.2) is 36.2 Å². The minimum Gasteiger partial charge on any atom is -0.497 e. The van der Waals surface area contributed by atoms with Gasteiger partial charge in [-0.1, -0.05) is 29.8 Å². The van der Waals surface area contributed by atoms with Crippen molar-refractivity contribution < 1.29 is 19.0 Å². The summed E-state index contributed by atoms with van der Waals surface area (Å²) >= 11 is 6.08. The van der Waals surface area contributed by atoms with Crippen molar-refractivity contribution in [3.05, 3.63) is 93.2 Å². The summed E-state index contributed by atoms with van der Waals surface area (Å²) in [6.45, 7) is 1.28. The summed E-state index contributed by atoms with van der Waals surface area (Å²) in [4.78, 5) is 30.8. The number of carbonyl (C=O) groups excluding carboxylic acids is 1. The number of amides is 2. The average Bonchev–Trinajstić information content (AvgIpc) is 2.88. The molecule has 0 fully saturated rings. The van der Waals surface area contributed by atoms with Gasteiger partial charge < -0.3 is 29.4 Å². The van der Waals surface area contributed by atoms with Gasteiger partial charge in [-0.3, -0.25) is 4.79 Å². The van der Waals surface area contributed by atoms with Crippen molar-refractivity contribution >= 4 is 34.2 Å². The summed E-state index contributed by atoms with van der Waals surface area (Å²) in [5, 5.41) is 4.17. The molecular weight excluding hydrogens is 482 g/mol. The molecule has 3 aromatic carbocycles. The van der Waals surface area contributed by atoms with Gasteiger partial charge in [0.1, 0.15) is 19.0 Å². The molecular formula is C27H24ClN3O5. The molecule has 36 heavy (non-hydrogen) atoms. The first-order valence-corrected chi connectivity index (χ1v) is 11.8. The molecule has 1 aliphatic rings. The zero-order valence-electron chi connectivity index (χ0n) is 19.5. The van der Waals surface area contributed by atoms with Crippen LogP contribution >= 0.6 is 11.6 Å². The molecule has 5 rings (SSSR count). The zero-order valence-corrected chi connectivity index (χ0v) is 20.3. The van der Waals surface area contributed by atoms with Crippen molar-refractivity contribution in [1.82, 2.24) is 9.88 Å². The number of rotatable bonds is 6. The summed E-state index contributed by atoms with van der Waals surface area (Å²) in [6.07, 6.45) is 0. The number of aromatic nitrogens is 1. The lowest BCUT2D eigenvalue weighted by molar-refractivity contribution is 0.172. The van der Waals surface area contributed by atoms with E-state index in [1.165, 1.54) is 0 Å². The highest BCUT2D eigenvalue weighted by Crippen LogP contribution is 2.33. The number of pyridine rings is 1. The first kappa shape index (κ1) is 23.6. The standard InChI is InChI=1S/C27H24ClN3O5/c1-34-22-7-5-17(6-8-22)15-31(27(33)29-21-4-2-3-20(28)13-21)16-19-11-18-12-24-25(36-10-9-35-24)14-23(18)30-26(19)32/h2-8,11-14H,9-10,15-16H2,1H3,(H,29,33)(H,30,32). The number of fused-ring (bicyclic) bond motifs is 2. The second-order valence-electron chi connectivity index (χ2n) is 8.35. The van der Waals surface area contributed by atoms with E-state index in [-0.39, 0.29) is 24.7 Å². The number of benzene rings is 3. The number of methoxy groups -OCH3 is 1. The Hall–Kier alpha value is -4.17. The molecule has 2 amide bonds. The van der Waals surface area contributed by atoms with Crippen molar-refractivity contribution in [2.24, 2.45) is 0 Å².